The molecule has 0 aliphatic carbocycles. The molecule has 0 aliphatic rings. The summed E-state index contributed by atoms with van der Waals surface area (Å²) < 4.78 is 10.5. The fourth-order valence-electron chi connectivity index (χ4n) is 2.38. The Morgan fingerprint density at radius 1 is 1.00 bits per heavy atom. The topological polar surface area (TPSA) is 120 Å². The molecule has 0 spiro atoms. The first-order chi connectivity index (χ1) is 14.2. The first-order valence-electron chi connectivity index (χ1n) is 10.2. The molecule has 1 heterocycles. The molecule has 1 aromatic rings. The van der Waals surface area contributed by atoms with Crippen molar-refractivity contribution >= 4 is 23.5 Å². The highest BCUT2D eigenvalue weighted by molar-refractivity contribution is 6.06. The maximum absolute atomic E-state index is 12.8. The third kappa shape index (κ3) is 10.6. The van der Waals surface area contributed by atoms with Crippen molar-refractivity contribution in [1.29, 1.82) is 0 Å². The third-order valence-electron chi connectivity index (χ3n) is 3.51. The van der Waals surface area contributed by atoms with Crippen LogP contribution in [0, 0.1) is 6.92 Å². The van der Waals surface area contributed by atoms with Gasteiger partial charge in [0.15, 0.2) is 11.5 Å². The first kappa shape index (κ1) is 26.1. The zero-order chi connectivity index (χ0) is 23.8. The number of ether oxygens (including phenoxy) is 2. The van der Waals surface area contributed by atoms with Crippen molar-refractivity contribution in [3.63, 3.8) is 0 Å². The van der Waals surface area contributed by atoms with Crippen LogP contribution in [0.4, 0.5) is 5.82 Å². The van der Waals surface area contributed by atoms with E-state index in [9.17, 15) is 14.4 Å². The number of aromatic nitrogens is 2. The van der Waals surface area contributed by atoms with Crippen molar-refractivity contribution in [2.45, 2.75) is 73.0 Å². The van der Waals surface area contributed by atoms with E-state index < -0.39 is 28.9 Å². The number of allylic oxidation sites excluding steroid dienone is 2. The maximum Gasteiger partial charge on any atom is 0.325 e. The van der Waals surface area contributed by atoms with Gasteiger partial charge in [-0.05, 0) is 54.9 Å². The minimum absolute atomic E-state index is 0.0620. The van der Waals surface area contributed by atoms with Crippen molar-refractivity contribution in [3.8, 4) is 0 Å². The first-order valence-corrected chi connectivity index (χ1v) is 10.2. The summed E-state index contributed by atoms with van der Waals surface area (Å²) >= 11 is 0. The van der Waals surface area contributed by atoms with Gasteiger partial charge >= 0.3 is 11.9 Å². The highest BCUT2D eigenvalue weighted by Gasteiger charge is 2.19. The van der Waals surface area contributed by atoms with Crippen LogP contribution in [0.25, 0.3) is 0 Å². The quantitative estimate of drug-likeness (QED) is 0.343. The molecule has 172 valence electrons. The minimum atomic E-state index is -0.617. The lowest BCUT2D eigenvalue weighted by Crippen LogP contribution is -2.31. The fraction of sp³-hybridized carbons (Fsp3) is 0.591. The van der Waals surface area contributed by atoms with E-state index in [0.29, 0.717) is 17.8 Å². The van der Waals surface area contributed by atoms with Gasteiger partial charge < -0.3 is 20.1 Å². The number of carbonyl (C=O) groups is 3. The van der Waals surface area contributed by atoms with Gasteiger partial charge in [-0.15, -0.1) is 0 Å². The molecule has 0 saturated heterocycles. The number of hydrogen-bond donors (Lipinski definition) is 2. The van der Waals surface area contributed by atoms with Crippen molar-refractivity contribution in [2.75, 3.05) is 18.4 Å². The van der Waals surface area contributed by atoms with Crippen LogP contribution in [-0.2, 0) is 19.1 Å². The lowest BCUT2D eigenvalue weighted by Gasteiger charge is -2.20. The average Bonchev–Trinajstić information content (AvgIpc) is 2.60. The van der Waals surface area contributed by atoms with Crippen LogP contribution in [0.2, 0.25) is 0 Å². The number of hydrogen-bond acceptors (Lipinski definition) is 9. The van der Waals surface area contributed by atoms with Crippen LogP contribution in [0.5, 0.6) is 0 Å². The summed E-state index contributed by atoms with van der Waals surface area (Å²) in [5.74, 6) is -1.12. The van der Waals surface area contributed by atoms with Gasteiger partial charge in [-0.3, -0.25) is 14.4 Å². The standard InChI is InChI=1S/C22H34N4O5/c1-9-15(23-12-17(28)30-21(3,4)5)10-16(27)19-20(26-14(2)11-24-19)25-13-18(29)31-22(6,7)8/h10-11,23H,9,12-13H2,1-8H3,(H,25,26)/b15-10-. The van der Waals surface area contributed by atoms with Crippen LogP contribution >= 0.6 is 0 Å². The van der Waals surface area contributed by atoms with Crippen molar-refractivity contribution in [1.82, 2.24) is 15.3 Å². The van der Waals surface area contributed by atoms with E-state index in [1.165, 1.54) is 12.3 Å². The summed E-state index contributed by atoms with van der Waals surface area (Å²) in [6, 6.07) is 0. The lowest BCUT2D eigenvalue weighted by atomic mass is 10.2. The van der Waals surface area contributed by atoms with Crippen molar-refractivity contribution in [2.24, 2.45) is 0 Å². The van der Waals surface area contributed by atoms with Crippen LogP contribution in [0.1, 0.15) is 71.1 Å². The molecule has 0 saturated carbocycles. The number of anilines is 1. The van der Waals surface area contributed by atoms with Gasteiger partial charge in [0.25, 0.3) is 0 Å². The Labute approximate surface area is 184 Å². The van der Waals surface area contributed by atoms with Crippen LogP contribution < -0.4 is 10.6 Å². The Balaban J connectivity index is 2.91. The van der Waals surface area contributed by atoms with Gasteiger partial charge in [-0.2, -0.15) is 0 Å². The van der Waals surface area contributed by atoms with E-state index in [1.807, 2.05) is 6.92 Å². The molecule has 0 aliphatic heterocycles. The summed E-state index contributed by atoms with van der Waals surface area (Å²) in [5.41, 5.74) is 0.00648. The van der Waals surface area contributed by atoms with E-state index in [1.54, 1.807) is 48.5 Å². The van der Waals surface area contributed by atoms with Crippen molar-refractivity contribution < 1.29 is 23.9 Å². The number of esters is 2. The molecule has 0 amide bonds. The van der Waals surface area contributed by atoms with Crippen LogP contribution in [0.3, 0.4) is 0 Å². The molecule has 0 atom stereocenters. The molecule has 0 fully saturated rings. The smallest absolute Gasteiger partial charge is 0.325 e. The number of nitrogens with one attached hydrogen (secondary N) is 2. The van der Waals surface area contributed by atoms with Gasteiger partial charge in [0, 0.05) is 18.0 Å². The molecule has 9 heteroatoms. The van der Waals surface area contributed by atoms with E-state index >= 15 is 0 Å². The Kier molecular flexibility index (Phi) is 9.15. The second-order valence-corrected chi connectivity index (χ2v) is 8.98. The molecule has 2 N–H and O–H groups in total. The molecule has 1 aromatic heterocycles. The monoisotopic (exact) mass is 434 g/mol. The summed E-state index contributed by atoms with van der Waals surface area (Å²) in [6.07, 6.45) is 3.33. The van der Waals surface area contributed by atoms with Crippen LogP contribution in [0.15, 0.2) is 18.0 Å². The Morgan fingerprint density at radius 2 is 1.55 bits per heavy atom. The number of carbonyl (C=O) groups excluding carboxylic acids is 3. The lowest BCUT2D eigenvalue weighted by molar-refractivity contribution is -0.154. The fourth-order valence-corrected chi connectivity index (χ4v) is 2.38. The SMILES string of the molecule is CC/C(=C/C(=O)c1ncc(C)nc1NCC(=O)OC(C)(C)C)NCC(=O)OC(C)(C)C. The predicted octanol–water partition coefficient (Wildman–Crippen LogP) is 2.95. The largest absolute Gasteiger partial charge is 0.459 e. The molecule has 0 unspecified atom stereocenters. The van der Waals surface area contributed by atoms with E-state index in [-0.39, 0.29) is 24.6 Å². The predicted molar refractivity (Wildman–Crippen MR) is 118 cm³/mol. The summed E-state index contributed by atoms with van der Waals surface area (Å²) in [4.78, 5) is 45.1. The maximum atomic E-state index is 12.8. The highest BCUT2D eigenvalue weighted by Crippen LogP contribution is 2.14. The number of aryl methyl sites for hydroxylation is 1. The van der Waals surface area contributed by atoms with E-state index in [2.05, 4.69) is 20.6 Å². The summed E-state index contributed by atoms with van der Waals surface area (Å²) in [5, 5.41) is 5.75. The molecular formula is C22H34N4O5. The average molecular weight is 435 g/mol. The minimum Gasteiger partial charge on any atom is -0.459 e. The molecule has 0 radical (unpaired) electrons. The van der Waals surface area contributed by atoms with Crippen molar-refractivity contribution in [3.05, 3.63) is 29.4 Å². The number of rotatable bonds is 9. The van der Waals surface area contributed by atoms with E-state index in [4.69, 9.17) is 9.47 Å². The number of nitrogens with zero attached hydrogens (tertiary/aromatic N) is 2. The third-order valence-corrected chi connectivity index (χ3v) is 3.51. The van der Waals surface area contributed by atoms with E-state index in [0.717, 1.165) is 0 Å². The number of ketones is 1. The zero-order valence-corrected chi connectivity index (χ0v) is 19.7. The second-order valence-electron chi connectivity index (χ2n) is 8.98. The Morgan fingerprint density at radius 3 is 2.06 bits per heavy atom. The van der Waals surface area contributed by atoms with Gasteiger partial charge in [0.05, 0.1) is 5.69 Å². The summed E-state index contributed by atoms with van der Waals surface area (Å²) in [6.45, 7) is 14.0. The Hall–Kier alpha value is -2.97. The molecular weight excluding hydrogens is 400 g/mol. The molecule has 31 heavy (non-hydrogen) atoms. The van der Waals surface area contributed by atoms with Crippen LogP contribution in [-0.4, -0.2) is 52.0 Å². The molecule has 0 aromatic carbocycles. The molecule has 9 nitrogen and oxygen atoms in total. The van der Waals surface area contributed by atoms with Gasteiger partial charge in [-0.25, -0.2) is 9.97 Å². The summed E-state index contributed by atoms with van der Waals surface area (Å²) in [7, 11) is 0. The normalized spacial score (nSPS) is 12.2. The van der Waals surface area contributed by atoms with Gasteiger partial charge in [0.2, 0.25) is 5.78 Å². The Bertz CT molecular complexity index is 835. The molecule has 0 bridgehead atoms. The van der Waals surface area contributed by atoms with Gasteiger partial charge in [0.1, 0.15) is 24.3 Å². The molecule has 1 rings (SSSR count). The second kappa shape index (κ2) is 10.9. The zero-order valence-electron chi connectivity index (χ0n) is 19.7. The highest BCUT2D eigenvalue weighted by atomic mass is 16.6. The van der Waals surface area contributed by atoms with Gasteiger partial charge in [-0.1, -0.05) is 6.92 Å².